The molecule has 1 amide bonds. The maximum Gasteiger partial charge on any atom is 0.250 e. The van der Waals surface area contributed by atoms with Crippen LogP contribution < -0.4 is 5.73 Å². The fraction of sp³-hybridized carbons (Fsp3) is 0.222. The Bertz CT molecular complexity index is 1040. The van der Waals surface area contributed by atoms with Crippen LogP contribution in [0.4, 0.5) is 0 Å². The van der Waals surface area contributed by atoms with E-state index in [2.05, 4.69) is 27.1 Å². The molecule has 0 saturated heterocycles. The number of nitrogens with two attached hydrogens (primary N) is 1. The predicted octanol–water partition coefficient (Wildman–Crippen LogP) is 2.39. The lowest BCUT2D eigenvalue weighted by molar-refractivity contribution is 0.1000. The topological polar surface area (TPSA) is 86.7 Å². The zero-order valence-electron chi connectivity index (χ0n) is 13.2. The van der Waals surface area contributed by atoms with Crippen molar-refractivity contribution < 1.29 is 4.79 Å². The van der Waals surface area contributed by atoms with Gasteiger partial charge in [0.25, 0.3) is 0 Å². The molecule has 124 valence electrons. The van der Waals surface area contributed by atoms with Crippen LogP contribution in [0.2, 0.25) is 5.02 Å². The molecule has 2 N–H and O–H groups in total. The quantitative estimate of drug-likeness (QED) is 0.734. The first-order chi connectivity index (χ1) is 12.1. The number of carbonyl (C=O) groups excluding carboxylic acids is 1. The van der Waals surface area contributed by atoms with E-state index in [4.69, 9.17) is 17.3 Å². The Morgan fingerprint density at radius 2 is 2.16 bits per heavy atom. The summed E-state index contributed by atoms with van der Waals surface area (Å²) in [6.07, 6.45) is 5.47. The highest BCUT2D eigenvalue weighted by Gasteiger charge is 2.23. The molecule has 6 nitrogen and oxygen atoms in total. The van der Waals surface area contributed by atoms with Crippen LogP contribution in [0.3, 0.4) is 0 Å². The summed E-state index contributed by atoms with van der Waals surface area (Å²) < 4.78 is 1.90. The van der Waals surface area contributed by atoms with Gasteiger partial charge in [0.1, 0.15) is 5.52 Å². The first kappa shape index (κ1) is 15.6. The highest BCUT2D eigenvalue weighted by atomic mass is 35.5. The Morgan fingerprint density at radius 1 is 1.32 bits per heavy atom. The molecule has 4 rings (SSSR count). The number of primary amides is 1. The molecule has 25 heavy (non-hydrogen) atoms. The van der Waals surface area contributed by atoms with Gasteiger partial charge in [-0.25, -0.2) is 4.68 Å². The maximum atomic E-state index is 11.2. The lowest BCUT2D eigenvalue weighted by Gasteiger charge is -2.01. The Labute approximate surface area is 149 Å². The van der Waals surface area contributed by atoms with Gasteiger partial charge in [0.05, 0.1) is 16.1 Å². The normalized spacial score (nSPS) is 13.5. The number of aromatic nitrogens is 4. The Balaban J connectivity index is 1.67. The van der Waals surface area contributed by atoms with E-state index < -0.39 is 5.91 Å². The fourth-order valence-electron chi connectivity index (χ4n) is 2.56. The number of carbonyl (C=O) groups is 1. The molecule has 1 aliphatic rings. The lowest BCUT2D eigenvalue weighted by Crippen LogP contribution is -2.11. The minimum atomic E-state index is -0.539. The Kier molecular flexibility index (Phi) is 3.86. The number of halogens is 1. The van der Waals surface area contributed by atoms with E-state index in [0.29, 0.717) is 33.1 Å². The number of hydrogen-bond acceptors (Lipinski definition) is 4. The van der Waals surface area contributed by atoms with Crippen LogP contribution in [0.5, 0.6) is 0 Å². The van der Waals surface area contributed by atoms with Gasteiger partial charge in [-0.2, -0.15) is 0 Å². The predicted molar refractivity (Wildman–Crippen MR) is 94.0 cm³/mol. The molecule has 3 aromatic rings. The largest absolute Gasteiger partial charge is 0.366 e. The van der Waals surface area contributed by atoms with Gasteiger partial charge >= 0.3 is 0 Å². The molecule has 0 spiro atoms. The molecule has 0 atom stereocenters. The van der Waals surface area contributed by atoms with E-state index >= 15 is 0 Å². The standard InChI is InChI=1S/C18H14ClN5O/c19-16-13(4-3-12-7-14(18(20)25)9-21-8-12)5-6-15-17(16)22-23-24(15)10-11-1-2-11/h5-9,11H,1-2,10H2,(H2,20,25). The summed E-state index contributed by atoms with van der Waals surface area (Å²) in [6.45, 7) is 0.878. The minimum absolute atomic E-state index is 0.316. The van der Waals surface area contributed by atoms with Gasteiger partial charge in [-0.15, -0.1) is 5.10 Å². The summed E-state index contributed by atoms with van der Waals surface area (Å²) in [5.41, 5.74) is 8.37. The molecule has 1 aliphatic carbocycles. The number of hydrogen-bond donors (Lipinski definition) is 1. The van der Waals surface area contributed by atoms with Crippen LogP contribution in [0.25, 0.3) is 11.0 Å². The third-order valence-corrected chi connectivity index (χ3v) is 4.50. The van der Waals surface area contributed by atoms with E-state index in [1.807, 2.05) is 16.8 Å². The smallest absolute Gasteiger partial charge is 0.250 e. The minimum Gasteiger partial charge on any atom is -0.366 e. The van der Waals surface area contributed by atoms with Gasteiger partial charge < -0.3 is 5.73 Å². The Morgan fingerprint density at radius 3 is 2.92 bits per heavy atom. The second-order valence-corrected chi connectivity index (χ2v) is 6.46. The summed E-state index contributed by atoms with van der Waals surface area (Å²) in [5.74, 6) is 6.11. The van der Waals surface area contributed by atoms with Crippen molar-refractivity contribution in [1.82, 2.24) is 20.0 Å². The molecule has 1 aromatic carbocycles. The molecule has 7 heteroatoms. The fourth-order valence-corrected chi connectivity index (χ4v) is 2.81. The van der Waals surface area contributed by atoms with Crippen LogP contribution in [0.15, 0.2) is 30.6 Å². The van der Waals surface area contributed by atoms with Gasteiger partial charge in [0.15, 0.2) is 0 Å². The number of rotatable bonds is 3. The molecular formula is C18H14ClN5O. The number of nitrogens with zero attached hydrogens (tertiary/aromatic N) is 4. The zero-order valence-corrected chi connectivity index (χ0v) is 14.0. The van der Waals surface area contributed by atoms with E-state index in [0.717, 1.165) is 12.1 Å². The third-order valence-electron chi connectivity index (χ3n) is 4.12. The van der Waals surface area contributed by atoms with E-state index in [1.54, 1.807) is 12.3 Å². The highest BCUT2D eigenvalue weighted by molar-refractivity contribution is 6.36. The van der Waals surface area contributed by atoms with Gasteiger partial charge in [0.2, 0.25) is 5.91 Å². The summed E-state index contributed by atoms with van der Waals surface area (Å²) in [4.78, 5) is 15.2. The molecule has 2 heterocycles. The van der Waals surface area contributed by atoms with Crippen molar-refractivity contribution in [3.8, 4) is 11.8 Å². The van der Waals surface area contributed by atoms with E-state index in [-0.39, 0.29) is 0 Å². The van der Waals surface area contributed by atoms with Crippen molar-refractivity contribution in [3.63, 3.8) is 0 Å². The number of fused-ring (bicyclic) bond motifs is 1. The van der Waals surface area contributed by atoms with Crippen molar-refractivity contribution in [2.45, 2.75) is 19.4 Å². The molecule has 1 fully saturated rings. The van der Waals surface area contributed by atoms with Crippen LogP contribution >= 0.6 is 11.6 Å². The SMILES string of the molecule is NC(=O)c1cncc(C#Cc2ccc3c(nnn3CC3CC3)c2Cl)c1. The van der Waals surface area contributed by atoms with Crippen LogP contribution in [-0.2, 0) is 6.54 Å². The van der Waals surface area contributed by atoms with Gasteiger partial charge in [-0.1, -0.05) is 28.7 Å². The third kappa shape index (κ3) is 3.19. The van der Waals surface area contributed by atoms with Crippen LogP contribution in [0.1, 0.15) is 34.3 Å². The van der Waals surface area contributed by atoms with Gasteiger partial charge in [-0.05, 0) is 37.0 Å². The molecule has 0 aliphatic heterocycles. The van der Waals surface area contributed by atoms with E-state index in [9.17, 15) is 4.79 Å². The average molecular weight is 352 g/mol. The van der Waals surface area contributed by atoms with Crippen molar-refractivity contribution >= 4 is 28.5 Å². The highest BCUT2D eigenvalue weighted by Crippen LogP contribution is 2.32. The molecule has 0 unspecified atom stereocenters. The molecule has 2 aromatic heterocycles. The second kappa shape index (κ2) is 6.19. The average Bonchev–Trinajstić information content (AvgIpc) is 3.33. The van der Waals surface area contributed by atoms with E-state index in [1.165, 1.54) is 19.0 Å². The van der Waals surface area contributed by atoms with Gasteiger partial charge in [-0.3, -0.25) is 9.78 Å². The van der Waals surface area contributed by atoms with Crippen LogP contribution in [0, 0.1) is 17.8 Å². The Hall–Kier alpha value is -2.91. The summed E-state index contributed by atoms with van der Waals surface area (Å²) in [6, 6.07) is 5.39. The molecule has 0 radical (unpaired) electrons. The van der Waals surface area contributed by atoms with Gasteiger partial charge in [0, 0.05) is 30.1 Å². The van der Waals surface area contributed by atoms with Crippen LogP contribution in [-0.4, -0.2) is 25.9 Å². The molecular weight excluding hydrogens is 338 g/mol. The maximum absolute atomic E-state index is 11.2. The van der Waals surface area contributed by atoms with Crippen molar-refractivity contribution in [2.24, 2.45) is 11.7 Å². The second-order valence-electron chi connectivity index (χ2n) is 6.09. The lowest BCUT2D eigenvalue weighted by atomic mass is 10.1. The summed E-state index contributed by atoms with van der Waals surface area (Å²) in [7, 11) is 0. The van der Waals surface area contributed by atoms with Crippen molar-refractivity contribution in [2.75, 3.05) is 0 Å². The first-order valence-corrected chi connectivity index (χ1v) is 8.28. The van der Waals surface area contributed by atoms with Crippen molar-refractivity contribution in [3.05, 3.63) is 52.3 Å². The molecule has 0 bridgehead atoms. The number of benzene rings is 1. The first-order valence-electron chi connectivity index (χ1n) is 7.90. The number of amides is 1. The zero-order chi connectivity index (χ0) is 17.4. The molecule has 1 saturated carbocycles. The number of pyridine rings is 1. The monoisotopic (exact) mass is 351 g/mol. The summed E-state index contributed by atoms with van der Waals surface area (Å²) in [5, 5.41) is 8.87. The van der Waals surface area contributed by atoms with Crippen molar-refractivity contribution in [1.29, 1.82) is 0 Å². The summed E-state index contributed by atoms with van der Waals surface area (Å²) >= 11 is 6.45.